The van der Waals surface area contributed by atoms with Crippen LogP contribution in [0.4, 0.5) is 0 Å². The van der Waals surface area contributed by atoms with Crippen molar-refractivity contribution in [3.8, 4) is 0 Å². The molecule has 1 saturated heterocycles. The second-order valence-electron chi connectivity index (χ2n) is 5.79. The summed E-state index contributed by atoms with van der Waals surface area (Å²) in [6.07, 6.45) is 10.1. The molecule has 3 nitrogen and oxygen atoms in total. The minimum absolute atomic E-state index is 0.238. The van der Waals surface area contributed by atoms with Gasteiger partial charge >= 0.3 is 0 Å². The second kappa shape index (κ2) is 5.83. The predicted molar refractivity (Wildman–Crippen MR) is 78.0 cm³/mol. The van der Waals surface area contributed by atoms with Crippen molar-refractivity contribution in [3.05, 3.63) is 0 Å². The van der Waals surface area contributed by atoms with Crippen LogP contribution in [0, 0.1) is 0 Å². The SMILES string of the molecule is CCCC1(C(=O)NCC2(SC)CCC2)CCCN1. The number of carbonyl (C=O) groups excluding carboxylic acids is 1. The van der Waals surface area contributed by atoms with Crippen molar-refractivity contribution in [1.29, 1.82) is 0 Å². The predicted octanol–water partition coefficient (Wildman–Crippen LogP) is 2.31. The Morgan fingerprint density at radius 2 is 2.11 bits per heavy atom. The van der Waals surface area contributed by atoms with Crippen molar-refractivity contribution in [1.82, 2.24) is 10.6 Å². The highest BCUT2D eigenvalue weighted by Gasteiger charge is 2.42. The Hall–Kier alpha value is -0.220. The molecule has 18 heavy (non-hydrogen) atoms. The zero-order valence-electron chi connectivity index (χ0n) is 11.7. The fourth-order valence-electron chi connectivity index (χ4n) is 3.19. The van der Waals surface area contributed by atoms with Gasteiger partial charge in [-0.1, -0.05) is 19.8 Å². The molecule has 2 fully saturated rings. The van der Waals surface area contributed by atoms with Gasteiger partial charge in [0.05, 0.1) is 5.54 Å². The number of hydrogen-bond acceptors (Lipinski definition) is 3. The van der Waals surface area contributed by atoms with Crippen molar-refractivity contribution >= 4 is 17.7 Å². The average Bonchev–Trinajstić information content (AvgIpc) is 2.78. The van der Waals surface area contributed by atoms with E-state index in [1.165, 1.54) is 19.3 Å². The van der Waals surface area contributed by atoms with Crippen molar-refractivity contribution in [2.24, 2.45) is 0 Å². The lowest BCUT2D eigenvalue weighted by molar-refractivity contribution is -0.127. The van der Waals surface area contributed by atoms with Crippen LogP contribution in [0.5, 0.6) is 0 Å². The van der Waals surface area contributed by atoms with Gasteiger partial charge in [0.25, 0.3) is 0 Å². The van der Waals surface area contributed by atoms with E-state index in [1.54, 1.807) is 0 Å². The number of rotatable bonds is 6. The lowest BCUT2D eigenvalue weighted by Gasteiger charge is -2.41. The first-order valence-corrected chi connectivity index (χ1v) is 8.47. The third-order valence-electron chi connectivity index (χ3n) is 4.62. The number of nitrogens with one attached hydrogen (secondary N) is 2. The largest absolute Gasteiger partial charge is 0.353 e. The molecule has 0 radical (unpaired) electrons. The average molecular weight is 270 g/mol. The molecule has 2 N–H and O–H groups in total. The molecule has 0 aromatic heterocycles. The molecule has 1 atom stereocenters. The lowest BCUT2D eigenvalue weighted by atomic mass is 9.83. The van der Waals surface area contributed by atoms with Crippen LogP contribution in [-0.4, -0.2) is 35.5 Å². The zero-order valence-corrected chi connectivity index (χ0v) is 12.5. The molecule has 0 aromatic carbocycles. The summed E-state index contributed by atoms with van der Waals surface area (Å²) in [4.78, 5) is 12.5. The van der Waals surface area contributed by atoms with Gasteiger partial charge in [-0.15, -0.1) is 0 Å². The van der Waals surface area contributed by atoms with E-state index in [0.29, 0.717) is 4.75 Å². The summed E-state index contributed by atoms with van der Waals surface area (Å²) in [5.41, 5.74) is -0.266. The molecular formula is C14H26N2OS. The first-order chi connectivity index (χ1) is 8.66. The standard InChI is InChI=1S/C14H26N2OS/c1-3-6-14(9-5-10-16-14)12(17)15-11-13(18-2)7-4-8-13/h16H,3-11H2,1-2H3,(H,15,17). The lowest BCUT2D eigenvalue weighted by Crippen LogP contribution is -2.56. The zero-order chi connectivity index (χ0) is 13.1. The van der Waals surface area contributed by atoms with E-state index >= 15 is 0 Å². The van der Waals surface area contributed by atoms with Gasteiger partial charge in [0.2, 0.25) is 5.91 Å². The highest BCUT2D eigenvalue weighted by atomic mass is 32.2. The Morgan fingerprint density at radius 3 is 2.56 bits per heavy atom. The maximum Gasteiger partial charge on any atom is 0.240 e. The molecule has 2 aliphatic rings. The topological polar surface area (TPSA) is 41.1 Å². The van der Waals surface area contributed by atoms with Gasteiger partial charge in [-0.3, -0.25) is 4.79 Å². The molecule has 104 valence electrons. The van der Waals surface area contributed by atoms with Gasteiger partial charge in [-0.05, 0) is 44.9 Å². The molecule has 1 aliphatic heterocycles. The highest BCUT2D eigenvalue weighted by molar-refractivity contribution is 8.00. The Morgan fingerprint density at radius 1 is 1.33 bits per heavy atom. The number of hydrogen-bond donors (Lipinski definition) is 2. The summed E-state index contributed by atoms with van der Waals surface area (Å²) in [5, 5.41) is 6.66. The number of thioether (sulfide) groups is 1. The Bertz CT molecular complexity index is 291. The van der Waals surface area contributed by atoms with E-state index in [1.807, 2.05) is 11.8 Å². The fourth-order valence-corrected chi connectivity index (χ4v) is 4.10. The van der Waals surface area contributed by atoms with Crippen molar-refractivity contribution in [2.75, 3.05) is 19.3 Å². The molecular weight excluding hydrogens is 244 g/mol. The Kier molecular flexibility index (Phi) is 4.59. The van der Waals surface area contributed by atoms with Crippen LogP contribution in [0.25, 0.3) is 0 Å². The van der Waals surface area contributed by atoms with E-state index in [-0.39, 0.29) is 11.4 Å². The minimum atomic E-state index is -0.266. The van der Waals surface area contributed by atoms with Crippen molar-refractivity contribution in [2.45, 2.75) is 62.2 Å². The molecule has 0 bridgehead atoms. The van der Waals surface area contributed by atoms with Gasteiger partial charge in [-0.25, -0.2) is 0 Å². The van der Waals surface area contributed by atoms with Crippen LogP contribution >= 0.6 is 11.8 Å². The normalized spacial score (nSPS) is 29.9. The van der Waals surface area contributed by atoms with E-state index in [4.69, 9.17) is 0 Å². The summed E-state index contributed by atoms with van der Waals surface area (Å²) < 4.78 is 0.335. The molecule has 1 heterocycles. The van der Waals surface area contributed by atoms with Crippen LogP contribution in [-0.2, 0) is 4.79 Å². The van der Waals surface area contributed by atoms with Crippen LogP contribution in [0.1, 0.15) is 51.9 Å². The Labute approximate surface area is 115 Å². The molecule has 2 rings (SSSR count). The smallest absolute Gasteiger partial charge is 0.240 e. The molecule has 1 saturated carbocycles. The van der Waals surface area contributed by atoms with Crippen molar-refractivity contribution < 1.29 is 4.79 Å². The first kappa shape index (κ1) is 14.2. The summed E-state index contributed by atoms with van der Waals surface area (Å²) in [5.74, 6) is 0.238. The van der Waals surface area contributed by atoms with Gasteiger partial charge in [0.1, 0.15) is 0 Å². The Balaban J connectivity index is 1.89. The monoisotopic (exact) mass is 270 g/mol. The molecule has 0 aromatic rings. The third-order valence-corrected chi connectivity index (χ3v) is 6.04. The maximum atomic E-state index is 12.5. The quantitative estimate of drug-likeness (QED) is 0.778. The number of carbonyl (C=O) groups is 1. The van der Waals surface area contributed by atoms with E-state index in [9.17, 15) is 4.79 Å². The second-order valence-corrected chi connectivity index (χ2v) is 7.06. The van der Waals surface area contributed by atoms with Gasteiger partial charge < -0.3 is 10.6 Å². The van der Waals surface area contributed by atoms with E-state index < -0.39 is 0 Å². The van der Waals surface area contributed by atoms with Gasteiger partial charge in [-0.2, -0.15) is 11.8 Å². The highest BCUT2D eigenvalue weighted by Crippen LogP contribution is 2.42. The van der Waals surface area contributed by atoms with Crippen LogP contribution in [0.2, 0.25) is 0 Å². The molecule has 1 aliphatic carbocycles. The van der Waals surface area contributed by atoms with Crippen LogP contribution in [0.15, 0.2) is 0 Å². The maximum absolute atomic E-state index is 12.5. The van der Waals surface area contributed by atoms with Crippen LogP contribution in [0.3, 0.4) is 0 Å². The van der Waals surface area contributed by atoms with Gasteiger partial charge in [0.15, 0.2) is 0 Å². The molecule has 4 heteroatoms. The fraction of sp³-hybridized carbons (Fsp3) is 0.929. The van der Waals surface area contributed by atoms with Gasteiger partial charge in [0, 0.05) is 11.3 Å². The number of amides is 1. The third kappa shape index (κ3) is 2.69. The van der Waals surface area contributed by atoms with E-state index in [0.717, 1.165) is 38.8 Å². The summed E-state index contributed by atoms with van der Waals surface area (Å²) in [6, 6.07) is 0. The molecule has 1 unspecified atom stereocenters. The minimum Gasteiger partial charge on any atom is -0.353 e. The summed E-state index contributed by atoms with van der Waals surface area (Å²) in [6.45, 7) is 3.99. The van der Waals surface area contributed by atoms with E-state index in [2.05, 4.69) is 23.8 Å². The van der Waals surface area contributed by atoms with Crippen molar-refractivity contribution in [3.63, 3.8) is 0 Å². The van der Waals surface area contributed by atoms with Crippen LogP contribution < -0.4 is 10.6 Å². The molecule has 1 amide bonds. The molecule has 0 spiro atoms. The summed E-state index contributed by atoms with van der Waals surface area (Å²) >= 11 is 1.92. The summed E-state index contributed by atoms with van der Waals surface area (Å²) in [7, 11) is 0. The first-order valence-electron chi connectivity index (χ1n) is 7.25.